The van der Waals surface area contributed by atoms with Crippen LogP contribution in [0.2, 0.25) is 0 Å². The van der Waals surface area contributed by atoms with E-state index < -0.39 is 31.1 Å². The van der Waals surface area contributed by atoms with Gasteiger partial charge in [-0.15, -0.1) is 0 Å². The van der Waals surface area contributed by atoms with E-state index in [0.29, 0.717) is 47.2 Å². The summed E-state index contributed by atoms with van der Waals surface area (Å²) in [5, 5.41) is 33.0. The van der Waals surface area contributed by atoms with E-state index in [2.05, 4.69) is 20.3 Å². The number of nitrogens with zero attached hydrogens (tertiary/aromatic N) is 4. The monoisotopic (exact) mass is 461 g/mol. The molecule has 12 nitrogen and oxygen atoms in total. The van der Waals surface area contributed by atoms with Crippen molar-refractivity contribution in [3.8, 4) is 17.2 Å². The third kappa shape index (κ3) is 4.25. The minimum Gasteiger partial charge on any atom is -0.496 e. The molecule has 0 spiro atoms. The first-order chi connectivity index (χ1) is 16.0. The number of ether oxygens (including phenoxy) is 4. The minimum atomic E-state index is -1.23. The number of imidazole rings is 1. The smallest absolute Gasteiger partial charge is 0.167 e. The Kier molecular flexibility index (Phi) is 6.79. The van der Waals surface area contributed by atoms with Crippen LogP contribution in [0.15, 0.2) is 24.8 Å². The molecule has 4 rings (SSSR count). The first-order valence-corrected chi connectivity index (χ1v) is 10.3. The number of methoxy groups -OCH3 is 3. The maximum Gasteiger partial charge on any atom is 0.167 e. The number of anilines is 1. The number of hydrogen-bond donors (Lipinski definition) is 4. The highest BCUT2D eigenvalue weighted by Crippen LogP contribution is 2.35. The third-order valence-corrected chi connectivity index (χ3v) is 5.62. The zero-order valence-electron chi connectivity index (χ0n) is 18.5. The van der Waals surface area contributed by atoms with Crippen molar-refractivity contribution in [2.24, 2.45) is 0 Å². The van der Waals surface area contributed by atoms with E-state index in [0.717, 1.165) is 5.56 Å². The van der Waals surface area contributed by atoms with Crippen LogP contribution in [0.25, 0.3) is 11.2 Å². The van der Waals surface area contributed by atoms with Crippen molar-refractivity contribution >= 4 is 17.0 Å². The van der Waals surface area contributed by atoms with Crippen LogP contribution in [0, 0.1) is 0 Å². The lowest BCUT2D eigenvalue weighted by atomic mass is 10.1. The minimum absolute atomic E-state index is 0.414. The van der Waals surface area contributed by atoms with E-state index >= 15 is 0 Å². The van der Waals surface area contributed by atoms with E-state index in [9.17, 15) is 15.3 Å². The largest absolute Gasteiger partial charge is 0.496 e. The predicted molar refractivity (Wildman–Crippen MR) is 117 cm³/mol. The van der Waals surface area contributed by atoms with E-state index in [1.807, 2.05) is 6.07 Å². The highest BCUT2D eigenvalue weighted by atomic mass is 16.6. The molecule has 1 aliphatic rings. The van der Waals surface area contributed by atoms with Gasteiger partial charge < -0.3 is 39.6 Å². The van der Waals surface area contributed by atoms with Gasteiger partial charge in [-0.3, -0.25) is 4.57 Å². The second-order valence-corrected chi connectivity index (χ2v) is 7.47. The number of aliphatic hydroxyl groups excluding tert-OH is 3. The molecule has 1 saturated heterocycles. The molecule has 2 aromatic heterocycles. The Hall–Kier alpha value is -3.19. The van der Waals surface area contributed by atoms with Crippen LogP contribution in [0.3, 0.4) is 0 Å². The Balaban J connectivity index is 1.52. The molecule has 0 bridgehead atoms. The second kappa shape index (κ2) is 9.75. The lowest BCUT2D eigenvalue weighted by Gasteiger charge is -2.16. The molecule has 1 fully saturated rings. The fourth-order valence-electron chi connectivity index (χ4n) is 3.88. The number of aromatic nitrogens is 4. The molecule has 4 unspecified atom stereocenters. The fourth-order valence-corrected chi connectivity index (χ4v) is 3.88. The molecule has 0 amide bonds. The van der Waals surface area contributed by atoms with Crippen LogP contribution < -0.4 is 19.5 Å². The standard InChI is InChI=1S/C21H27N5O7/c1-30-12-7-14(32-3)13(31-2)6-11(12)4-5-22-19-16-20(24-9-23-19)26(10-25-16)21-18(29)17(28)15(8-27)33-21/h6-7,9-10,15,17-18,21,27-29H,4-5,8H2,1-3H3,(H,22,23,24). The van der Waals surface area contributed by atoms with E-state index in [1.54, 1.807) is 27.4 Å². The molecule has 1 aromatic carbocycles. The number of nitrogens with one attached hydrogen (secondary N) is 1. The Morgan fingerprint density at radius 2 is 1.73 bits per heavy atom. The van der Waals surface area contributed by atoms with Crippen molar-refractivity contribution < 1.29 is 34.3 Å². The average molecular weight is 461 g/mol. The molecule has 12 heteroatoms. The molecule has 3 aromatic rings. The van der Waals surface area contributed by atoms with Gasteiger partial charge in [0, 0.05) is 12.6 Å². The first kappa shape index (κ1) is 23.0. The van der Waals surface area contributed by atoms with Gasteiger partial charge in [0.2, 0.25) is 0 Å². The van der Waals surface area contributed by atoms with Gasteiger partial charge in [-0.1, -0.05) is 0 Å². The van der Waals surface area contributed by atoms with Gasteiger partial charge in [0.1, 0.15) is 30.4 Å². The van der Waals surface area contributed by atoms with Crippen LogP contribution in [0.1, 0.15) is 11.8 Å². The van der Waals surface area contributed by atoms with Crippen molar-refractivity contribution in [2.45, 2.75) is 31.0 Å². The van der Waals surface area contributed by atoms with Gasteiger partial charge in [0.25, 0.3) is 0 Å². The molecule has 0 saturated carbocycles. The molecular weight excluding hydrogens is 434 g/mol. The molecule has 0 radical (unpaired) electrons. The van der Waals surface area contributed by atoms with Crippen molar-refractivity contribution in [2.75, 3.05) is 39.8 Å². The average Bonchev–Trinajstić information content (AvgIpc) is 3.39. The highest BCUT2D eigenvalue weighted by Gasteiger charge is 2.44. The number of aliphatic hydroxyl groups is 3. The van der Waals surface area contributed by atoms with E-state index in [-0.39, 0.29) is 0 Å². The summed E-state index contributed by atoms with van der Waals surface area (Å²) in [6.07, 6.45) is -0.829. The Bertz CT molecular complexity index is 1110. The van der Waals surface area contributed by atoms with Crippen molar-refractivity contribution in [1.82, 2.24) is 19.5 Å². The molecule has 33 heavy (non-hydrogen) atoms. The molecule has 4 N–H and O–H groups in total. The summed E-state index contributed by atoms with van der Waals surface area (Å²) in [7, 11) is 4.74. The second-order valence-electron chi connectivity index (χ2n) is 7.47. The van der Waals surface area contributed by atoms with Crippen LogP contribution in [-0.4, -0.2) is 87.6 Å². The summed E-state index contributed by atoms with van der Waals surface area (Å²) in [6, 6.07) is 3.64. The molecule has 4 atom stereocenters. The van der Waals surface area contributed by atoms with Gasteiger partial charge in [-0.05, 0) is 18.1 Å². The van der Waals surface area contributed by atoms with Crippen molar-refractivity contribution in [3.63, 3.8) is 0 Å². The molecule has 3 heterocycles. The summed E-state index contributed by atoms with van der Waals surface area (Å²) < 4.78 is 23.3. The van der Waals surface area contributed by atoms with Crippen LogP contribution in [0.4, 0.5) is 5.82 Å². The van der Waals surface area contributed by atoms with Crippen LogP contribution in [0.5, 0.6) is 17.2 Å². The Labute approximate surface area is 189 Å². The maximum absolute atomic E-state index is 10.3. The zero-order valence-corrected chi connectivity index (χ0v) is 18.5. The van der Waals surface area contributed by atoms with E-state index in [1.165, 1.54) is 17.2 Å². The fraction of sp³-hybridized carbons (Fsp3) is 0.476. The number of rotatable bonds is 9. The van der Waals surface area contributed by atoms with Crippen molar-refractivity contribution in [1.29, 1.82) is 0 Å². The normalized spacial score (nSPS) is 22.5. The Morgan fingerprint density at radius 1 is 1.00 bits per heavy atom. The molecule has 0 aliphatic carbocycles. The summed E-state index contributed by atoms with van der Waals surface area (Å²) >= 11 is 0. The summed E-state index contributed by atoms with van der Waals surface area (Å²) in [5.74, 6) is 2.37. The first-order valence-electron chi connectivity index (χ1n) is 10.3. The summed E-state index contributed by atoms with van der Waals surface area (Å²) in [6.45, 7) is 0.0986. The van der Waals surface area contributed by atoms with Gasteiger partial charge in [0.15, 0.2) is 34.7 Å². The van der Waals surface area contributed by atoms with Crippen LogP contribution in [-0.2, 0) is 11.2 Å². The molecular formula is C21H27N5O7. The van der Waals surface area contributed by atoms with Gasteiger partial charge >= 0.3 is 0 Å². The van der Waals surface area contributed by atoms with Crippen molar-refractivity contribution in [3.05, 3.63) is 30.4 Å². The Morgan fingerprint density at radius 3 is 2.39 bits per heavy atom. The number of fused-ring (bicyclic) bond motifs is 1. The highest BCUT2D eigenvalue weighted by molar-refractivity contribution is 5.82. The SMILES string of the molecule is COc1cc(OC)c(OC)cc1CCNc1ncnc2c1ncn2C1OC(CO)C(O)C1O. The number of hydrogen-bond acceptors (Lipinski definition) is 11. The summed E-state index contributed by atoms with van der Waals surface area (Å²) in [4.78, 5) is 12.9. The van der Waals surface area contributed by atoms with E-state index in [4.69, 9.17) is 18.9 Å². The maximum atomic E-state index is 10.3. The van der Waals surface area contributed by atoms with Gasteiger partial charge in [0.05, 0.1) is 34.3 Å². The lowest BCUT2D eigenvalue weighted by molar-refractivity contribution is -0.0511. The van der Waals surface area contributed by atoms with Gasteiger partial charge in [-0.2, -0.15) is 0 Å². The lowest BCUT2D eigenvalue weighted by Crippen LogP contribution is -2.33. The summed E-state index contributed by atoms with van der Waals surface area (Å²) in [5.41, 5.74) is 1.82. The molecule has 178 valence electrons. The van der Waals surface area contributed by atoms with Crippen LogP contribution >= 0.6 is 0 Å². The third-order valence-electron chi connectivity index (χ3n) is 5.62. The number of benzene rings is 1. The quantitative estimate of drug-likeness (QED) is 0.344. The molecule has 1 aliphatic heterocycles. The van der Waals surface area contributed by atoms with Gasteiger partial charge in [-0.25, -0.2) is 15.0 Å². The zero-order chi connectivity index (χ0) is 23.5. The topological polar surface area (TPSA) is 153 Å². The predicted octanol–water partition coefficient (Wildman–Crippen LogP) is 0.118.